The molecular formula is C25H41NO5. The molecule has 1 rings (SSSR count). The Morgan fingerprint density at radius 3 is 2.00 bits per heavy atom. The molecule has 1 amide bonds. The number of carboxylic acids is 1. The fraction of sp³-hybridized carbons (Fsp3) is 0.640. The van der Waals surface area contributed by atoms with Crippen LogP contribution in [0, 0.1) is 0 Å². The second-order valence-electron chi connectivity index (χ2n) is 7.77. The molecule has 0 saturated carbocycles. The lowest BCUT2D eigenvalue weighted by molar-refractivity contribution is -0.152. The third-order valence-corrected chi connectivity index (χ3v) is 4.79. The molecule has 1 unspecified atom stereocenters. The number of aryl methyl sites for hydroxylation is 1. The number of carbonyl (C=O) groups excluding carboxylic acids is 2. The molecular weight excluding hydrogens is 394 g/mol. The molecule has 0 aliphatic rings. The molecule has 0 aliphatic heterocycles. The second kappa shape index (κ2) is 18.4. The summed E-state index contributed by atoms with van der Waals surface area (Å²) in [6.07, 6.45) is 10.5. The summed E-state index contributed by atoms with van der Waals surface area (Å²) in [6, 6.07) is 7.38. The van der Waals surface area contributed by atoms with Gasteiger partial charge in [-0.15, -0.1) is 0 Å². The largest absolute Gasteiger partial charge is 0.481 e. The second-order valence-corrected chi connectivity index (χ2v) is 7.77. The Bertz CT molecular complexity index is 625. The predicted molar refractivity (Wildman–Crippen MR) is 124 cm³/mol. The Balaban J connectivity index is 0.00000206. The topological polar surface area (TPSA) is 92.7 Å². The molecule has 0 aliphatic carbocycles. The van der Waals surface area contributed by atoms with Gasteiger partial charge in [0.05, 0.1) is 6.04 Å². The standard InChI is InChI=1S/C21H31NO5.C4H10/c1-3-4-5-6-7-8-9-17-10-12-18(13-11-17)19(22-16(2)23)15-27-21(26)14-20(24)25;1-3-4-2/h10-13,19H,3-9,14-15H2,1-2H3,(H,22,23)(H,24,25);3-4H2,1-2H3. The molecule has 1 aromatic rings. The third kappa shape index (κ3) is 16.0. The predicted octanol–water partition coefficient (Wildman–Crippen LogP) is 5.59. The van der Waals surface area contributed by atoms with E-state index >= 15 is 0 Å². The lowest BCUT2D eigenvalue weighted by Crippen LogP contribution is -2.30. The van der Waals surface area contributed by atoms with Crippen molar-refractivity contribution in [3.8, 4) is 0 Å². The SMILES string of the molecule is CCCC.CCCCCCCCc1ccc(C(COC(=O)CC(=O)O)NC(C)=O)cc1. The first-order valence-electron chi connectivity index (χ1n) is 11.6. The Kier molecular flexibility index (Phi) is 17.0. The minimum atomic E-state index is -1.24. The smallest absolute Gasteiger partial charge is 0.317 e. The molecule has 1 atom stereocenters. The number of amides is 1. The van der Waals surface area contributed by atoms with Gasteiger partial charge in [0.1, 0.15) is 13.0 Å². The van der Waals surface area contributed by atoms with Crippen LogP contribution in [0.1, 0.15) is 103 Å². The zero-order valence-electron chi connectivity index (χ0n) is 19.7. The quantitative estimate of drug-likeness (QED) is 0.226. The summed E-state index contributed by atoms with van der Waals surface area (Å²) >= 11 is 0. The first-order valence-corrected chi connectivity index (χ1v) is 11.6. The summed E-state index contributed by atoms with van der Waals surface area (Å²) in [6.45, 7) is 7.87. The van der Waals surface area contributed by atoms with Gasteiger partial charge in [-0.3, -0.25) is 14.4 Å². The summed E-state index contributed by atoms with van der Waals surface area (Å²) in [4.78, 5) is 33.4. The van der Waals surface area contributed by atoms with Crippen LogP contribution in [0.4, 0.5) is 0 Å². The number of benzene rings is 1. The Hall–Kier alpha value is -2.37. The van der Waals surface area contributed by atoms with E-state index in [1.165, 1.54) is 57.4 Å². The molecule has 0 radical (unpaired) electrons. The van der Waals surface area contributed by atoms with Gasteiger partial charge in [-0.1, -0.05) is 90.0 Å². The highest BCUT2D eigenvalue weighted by atomic mass is 16.5. The van der Waals surface area contributed by atoms with Crippen LogP contribution < -0.4 is 5.32 Å². The molecule has 0 bridgehead atoms. The molecule has 0 spiro atoms. The highest BCUT2D eigenvalue weighted by Crippen LogP contribution is 2.17. The number of carboxylic acid groups (broad SMARTS) is 1. The van der Waals surface area contributed by atoms with Crippen molar-refractivity contribution in [2.45, 2.75) is 97.9 Å². The first-order chi connectivity index (χ1) is 14.8. The van der Waals surface area contributed by atoms with Crippen molar-refractivity contribution in [2.75, 3.05) is 6.61 Å². The van der Waals surface area contributed by atoms with Gasteiger partial charge in [0, 0.05) is 6.92 Å². The van der Waals surface area contributed by atoms with Crippen LogP contribution in [0.3, 0.4) is 0 Å². The van der Waals surface area contributed by atoms with Crippen LogP contribution in [-0.2, 0) is 25.5 Å². The minimum Gasteiger partial charge on any atom is -0.481 e. The van der Waals surface area contributed by atoms with Crippen LogP contribution in [0.25, 0.3) is 0 Å². The maximum Gasteiger partial charge on any atom is 0.317 e. The molecule has 6 heteroatoms. The van der Waals surface area contributed by atoms with Gasteiger partial charge in [-0.25, -0.2) is 0 Å². The summed E-state index contributed by atoms with van der Waals surface area (Å²) < 4.78 is 4.98. The van der Waals surface area contributed by atoms with Crippen molar-refractivity contribution in [3.63, 3.8) is 0 Å². The molecule has 176 valence electrons. The zero-order valence-corrected chi connectivity index (χ0v) is 19.7. The highest BCUT2D eigenvalue weighted by Gasteiger charge is 2.17. The van der Waals surface area contributed by atoms with Crippen molar-refractivity contribution in [2.24, 2.45) is 0 Å². The lowest BCUT2D eigenvalue weighted by atomic mass is 10.0. The van der Waals surface area contributed by atoms with E-state index in [-0.39, 0.29) is 12.5 Å². The van der Waals surface area contributed by atoms with E-state index in [9.17, 15) is 14.4 Å². The van der Waals surface area contributed by atoms with E-state index in [4.69, 9.17) is 9.84 Å². The number of rotatable bonds is 14. The molecule has 0 aromatic heterocycles. The number of unbranched alkanes of at least 4 members (excludes halogenated alkanes) is 6. The molecule has 0 saturated heterocycles. The van der Waals surface area contributed by atoms with E-state index in [0.717, 1.165) is 18.4 Å². The molecule has 0 fully saturated rings. The number of carbonyl (C=O) groups is 3. The molecule has 2 N–H and O–H groups in total. The molecule has 1 aromatic carbocycles. The van der Waals surface area contributed by atoms with Crippen LogP contribution in [0.5, 0.6) is 0 Å². The minimum absolute atomic E-state index is 0.0948. The normalized spacial score (nSPS) is 11.1. The number of aliphatic carboxylic acids is 1. The Morgan fingerprint density at radius 1 is 0.903 bits per heavy atom. The van der Waals surface area contributed by atoms with E-state index in [1.807, 2.05) is 24.3 Å². The Labute approximate surface area is 187 Å². The van der Waals surface area contributed by atoms with E-state index in [1.54, 1.807) is 0 Å². The highest BCUT2D eigenvalue weighted by molar-refractivity contribution is 5.90. The number of esters is 1. The average Bonchev–Trinajstić information content (AvgIpc) is 2.73. The molecule has 31 heavy (non-hydrogen) atoms. The first kappa shape index (κ1) is 28.6. The Morgan fingerprint density at radius 2 is 1.48 bits per heavy atom. The zero-order chi connectivity index (χ0) is 23.5. The van der Waals surface area contributed by atoms with E-state index < -0.39 is 24.4 Å². The molecule has 6 nitrogen and oxygen atoms in total. The monoisotopic (exact) mass is 435 g/mol. The molecule has 0 heterocycles. The number of ether oxygens (including phenoxy) is 1. The van der Waals surface area contributed by atoms with E-state index in [0.29, 0.717) is 0 Å². The fourth-order valence-electron chi connectivity index (χ4n) is 2.84. The average molecular weight is 436 g/mol. The van der Waals surface area contributed by atoms with Crippen molar-refractivity contribution in [3.05, 3.63) is 35.4 Å². The van der Waals surface area contributed by atoms with Crippen LogP contribution >= 0.6 is 0 Å². The van der Waals surface area contributed by atoms with Crippen LogP contribution in [0.15, 0.2) is 24.3 Å². The summed E-state index contributed by atoms with van der Waals surface area (Å²) in [5.74, 6) is -2.31. The van der Waals surface area contributed by atoms with Crippen molar-refractivity contribution < 1.29 is 24.2 Å². The summed E-state index contributed by atoms with van der Waals surface area (Å²) in [7, 11) is 0. The summed E-state index contributed by atoms with van der Waals surface area (Å²) in [5.41, 5.74) is 2.05. The van der Waals surface area contributed by atoms with Gasteiger partial charge in [0.25, 0.3) is 0 Å². The maximum atomic E-state index is 11.4. The van der Waals surface area contributed by atoms with Crippen LogP contribution in [-0.4, -0.2) is 29.6 Å². The fourth-order valence-corrected chi connectivity index (χ4v) is 2.84. The van der Waals surface area contributed by atoms with Crippen molar-refractivity contribution in [1.29, 1.82) is 0 Å². The summed E-state index contributed by atoms with van der Waals surface area (Å²) in [5, 5.41) is 11.3. The van der Waals surface area contributed by atoms with Gasteiger partial charge >= 0.3 is 11.9 Å². The maximum absolute atomic E-state index is 11.4. The number of nitrogens with one attached hydrogen (secondary N) is 1. The van der Waals surface area contributed by atoms with E-state index in [2.05, 4.69) is 26.1 Å². The van der Waals surface area contributed by atoms with Gasteiger partial charge in [0.15, 0.2) is 0 Å². The lowest BCUT2D eigenvalue weighted by Gasteiger charge is -2.18. The number of hydrogen-bond acceptors (Lipinski definition) is 4. The third-order valence-electron chi connectivity index (χ3n) is 4.79. The van der Waals surface area contributed by atoms with Gasteiger partial charge in [0.2, 0.25) is 5.91 Å². The number of hydrogen-bond donors (Lipinski definition) is 2. The van der Waals surface area contributed by atoms with Crippen molar-refractivity contribution in [1.82, 2.24) is 5.32 Å². The van der Waals surface area contributed by atoms with Crippen LogP contribution in [0.2, 0.25) is 0 Å². The van der Waals surface area contributed by atoms with Gasteiger partial charge in [-0.05, 0) is 24.0 Å². The van der Waals surface area contributed by atoms with Gasteiger partial charge in [-0.2, -0.15) is 0 Å². The van der Waals surface area contributed by atoms with Gasteiger partial charge < -0.3 is 15.2 Å². The van der Waals surface area contributed by atoms with Crippen molar-refractivity contribution >= 4 is 17.8 Å².